The fourth-order valence-electron chi connectivity index (χ4n) is 2.75. The van der Waals surface area contributed by atoms with E-state index in [9.17, 15) is 4.79 Å². The van der Waals surface area contributed by atoms with Gasteiger partial charge in [0.25, 0.3) is 0 Å². The Hall–Kier alpha value is -2.21. The second-order valence-corrected chi connectivity index (χ2v) is 5.45. The standard InChI is InChI=1S/C15H18N4O2/c20-15(21)8-12-6-7-18(10-12)11-13-9-16-19(17-13)14-4-2-1-3-5-14/h1-5,9,12H,6-8,10-11H2,(H,20,21). The third-order valence-electron chi connectivity index (χ3n) is 3.75. The molecule has 1 fully saturated rings. The molecule has 1 unspecified atom stereocenters. The lowest BCUT2D eigenvalue weighted by Gasteiger charge is -2.13. The van der Waals surface area contributed by atoms with Gasteiger partial charge in [0.15, 0.2) is 0 Å². The Morgan fingerprint density at radius 2 is 2.14 bits per heavy atom. The number of rotatable bonds is 5. The van der Waals surface area contributed by atoms with Crippen molar-refractivity contribution in [3.63, 3.8) is 0 Å². The van der Waals surface area contributed by atoms with E-state index in [4.69, 9.17) is 5.11 Å². The lowest BCUT2D eigenvalue weighted by Crippen LogP contribution is -2.21. The van der Waals surface area contributed by atoms with Crippen LogP contribution < -0.4 is 0 Å². The Morgan fingerprint density at radius 3 is 2.90 bits per heavy atom. The van der Waals surface area contributed by atoms with Crippen molar-refractivity contribution in [1.29, 1.82) is 0 Å². The van der Waals surface area contributed by atoms with Crippen LogP contribution in [0.1, 0.15) is 18.5 Å². The maximum atomic E-state index is 10.7. The predicted octanol–water partition coefficient (Wildman–Crippen LogP) is 1.56. The highest BCUT2D eigenvalue weighted by molar-refractivity contribution is 5.67. The van der Waals surface area contributed by atoms with Gasteiger partial charge in [-0.05, 0) is 31.0 Å². The highest BCUT2D eigenvalue weighted by Crippen LogP contribution is 2.20. The number of benzene rings is 1. The number of likely N-dealkylation sites (tertiary alicyclic amines) is 1. The number of carboxylic acids is 1. The van der Waals surface area contributed by atoms with Gasteiger partial charge in [-0.25, -0.2) is 0 Å². The largest absolute Gasteiger partial charge is 0.481 e. The fourth-order valence-corrected chi connectivity index (χ4v) is 2.75. The van der Waals surface area contributed by atoms with Gasteiger partial charge < -0.3 is 5.11 Å². The second kappa shape index (κ2) is 6.05. The predicted molar refractivity (Wildman–Crippen MR) is 77.0 cm³/mol. The number of hydrogen-bond acceptors (Lipinski definition) is 4. The third-order valence-corrected chi connectivity index (χ3v) is 3.75. The summed E-state index contributed by atoms with van der Waals surface area (Å²) in [6, 6.07) is 9.79. The van der Waals surface area contributed by atoms with Crippen molar-refractivity contribution in [3.05, 3.63) is 42.2 Å². The normalized spacial score (nSPS) is 19.0. The molecule has 1 saturated heterocycles. The smallest absolute Gasteiger partial charge is 0.303 e. The molecule has 0 aliphatic carbocycles. The molecule has 3 rings (SSSR count). The van der Waals surface area contributed by atoms with Crippen molar-refractivity contribution in [2.45, 2.75) is 19.4 Å². The van der Waals surface area contributed by atoms with Gasteiger partial charge in [0.05, 0.1) is 17.6 Å². The van der Waals surface area contributed by atoms with Crippen molar-refractivity contribution in [2.24, 2.45) is 5.92 Å². The molecule has 0 saturated carbocycles. The molecular formula is C15H18N4O2. The minimum absolute atomic E-state index is 0.256. The Balaban J connectivity index is 1.60. The molecule has 2 aromatic rings. The van der Waals surface area contributed by atoms with Crippen molar-refractivity contribution in [2.75, 3.05) is 13.1 Å². The van der Waals surface area contributed by atoms with Crippen LogP contribution in [0.15, 0.2) is 36.5 Å². The number of aromatic nitrogens is 3. The monoisotopic (exact) mass is 286 g/mol. The summed E-state index contributed by atoms with van der Waals surface area (Å²) in [4.78, 5) is 14.6. The fraction of sp³-hybridized carbons (Fsp3) is 0.400. The minimum Gasteiger partial charge on any atom is -0.481 e. The molecular weight excluding hydrogens is 268 g/mol. The summed E-state index contributed by atoms with van der Waals surface area (Å²) < 4.78 is 0. The van der Waals surface area contributed by atoms with Gasteiger partial charge in [-0.1, -0.05) is 18.2 Å². The van der Waals surface area contributed by atoms with E-state index in [2.05, 4.69) is 15.1 Å². The average molecular weight is 286 g/mol. The molecule has 21 heavy (non-hydrogen) atoms. The summed E-state index contributed by atoms with van der Waals surface area (Å²) in [5.74, 6) is -0.455. The number of hydrogen-bond donors (Lipinski definition) is 1. The molecule has 2 heterocycles. The summed E-state index contributed by atoms with van der Waals surface area (Å²) in [7, 11) is 0. The minimum atomic E-state index is -0.711. The number of nitrogens with zero attached hydrogens (tertiary/aromatic N) is 4. The molecule has 110 valence electrons. The molecule has 0 spiro atoms. The van der Waals surface area contributed by atoms with E-state index in [-0.39, 0.29) is 12.3 Å². The van der Waals surface area contributed by atoms with E-state index in [1.54, 1.807) is 11.0 Å². The Labute approximate surface area is 123 Å². The van der Waals surface area contributed by atoms with E-state index in [0.717, 1.165) is 37.4 Å². The van der Waals surface area contributed by atoms with E-state index in [0.29, 0.717) is 0 Å². The van der Waals surface area contributed by atoms with Crippen LogP contribution in [0, 0.1) is 5.92 Å². The average Bonchev–Trinajstić information content (AvgIpc) is 3.09. The van der Waals surface area contributed by atoms with Crippen LogP contribution in [0.4, 0.5) is 0 Å². The van der Waals surface area contributed by atoms with Crippen LogP contribution in [0.5, 0.6) is 0 Å². The van der Waals surface area contributed by atoms with Crippen molar-refractivity contribution in [1.82, 2.24) is 19.9 Å². The molecule has 1 aliphatic rings. The Bertz CT molecular complexity index is 611. The number of carboxylic acid groups (broad SMARTS) is 1. The zero-order valence-corrected chi connectivity index (χ0v) is 11.7. The molecule has 6 nitrogen and oxygen atoms in total. The molecule has 0 bridgehead atoms. The first-order chi connectivity index (χ1) is 10.2. The van der Waals surface area contributed by atoms with Crippen LogP contribution in [0.25, 0.3) is 5.69 Å². The summed E-state index contributed by atoms with van der Waals surface area (Å²) in [6.07, 6.45) is 2.98. The Kier molecular flexibility index (Phi) is 3.96. The molecule has 1 aliphatic heterocycles. The number of carbonyl (C=O) groups is 1. The number of aliphatic carboxylic acids is 1. The lowest BCUT2D eigenvalue weighted by molar-refractivity contribution is -0.138. The van der Waals surface area contributed by atoms with Crippen LogP contribution in [0.3, 0.4) is 0 Å². The van der Waals surface area contributed by atoms with Crippen molar-refractivity contribution >= 4 is 5.97 Å². The van der Waals surface area contributed by atoms with Crippen LogP contribution in [0.2, 0.25) is 0 Å². The molecule has 1 aromatic heterocycles. The van der Waals surface area contributed by atoms with Gasteiger partial charge in [-0.15, -0.1) is 0 Å². The van der Waals surface area contributed by atoms with E-state index in [1.807, 2.05) is 30.3 Å². The SMILES string of the molecule is O=C(O)CC1CCN(Cc2cnn(-c3ccccc3)n2)C1. The van der Waals surface area contributed by atoms with Gasteiger partial charge in [0.1, 0.15) is 0 Å². The first-order valence-corrected chi connectivity index (χ1v) is 7.11. The van der Waals surface area contributed by atoms with E-state index >= 15 is 0 Å². The molecule has 1 atom stereocenters. The summed E-state index contributed by atoms with van der Waals surface area (Å²) in [5.41, 5.74) is 1.85. The highest BCUT2D eigenvalue weighted by atomic mass is 16.4. The first kappa shape index (κ1) is 13.8. The van der Waals surface area contributed by atoms with Gasteiger partial charge in [-0.2, -0.15) is 15.0 Å². The quantitative estimate of drug-likeness (QED) is 0.903. The summed E-state index contributed by atoms with van der Waals surface area (Å²) >= 11 is 0. The topological polar surface area (TPSA) is 71.2 Å². The van der Waals surface area contributed by atoms with Crippen molar-refractivity contribution in [3.8, 4) is 5.69 Å². The second-order valence-electron chi connectivity index (χ2n) is 5.45. The Morgan fingerprint density at radius 1 is 1.33 bits per heavy atom. The lowest BCUT2D eigenvalue weighted by atomic mass is 10.1. The summed E-state index contributed by atoms with van der Waals surface area (Å²) in [5, 5.41) is 17.6. The molecule has 1 N–H and O–H groups in total. The zero-order chi connectivity index (χ0) is 14.7. The van der Waals surface area contributed by atoms with Gasteiger partial charge in [-0.3, -0.25) is 9.69 Å². The zero-order valence-electron chi connectivity index (χ0n) is 11.7. The van der Waals surface area contributed by atoms with E-state index < -0.39 is 5.97 Å². The maximum Gasteiger partial charge on any atom is 0.303 e. The molecule has 0 radical (unpaired) electrons. The van der Waals surface area contributed by atoms with Crippen molar-refractivity contribution < 1.29 is 9.90 Å². The van der Waals surface area contributed by atoms with Gasteiger partial charge in [0, 0.05) is 19.5 Å². The number of para-hydroxylation sites is 1. The van der Waals surface area contributed by atoms with Crippen LogP contribution in [-0.2, 0) is 11.3 Å². The summed E-state index contributed by atoms with van der Waals surface area (Å²) in [6.45, 7) is 2.48. The third kappa shape index (κ3) is 3.46. The molecule has 6 heteroatoms. The molecule has 1 aromatic carbocycles. The van der Waals surface area contributed by atoms with Crippen LogP contribution >= 0.6 is 0 Å². The first-order valence-electron chi connectivity index (χ1n) is 7.11. The van der Waals surface area contributed by atoms with Gasteiger partial charge >= 0.3 is 5.97 Å². The molecule has 0 amide bonds. The maximum absolute atomic E-state index is 10.7. The van der Waals surface area contributed by atoms with Gasteiger partial charge in [0.2, 0.25) is 0 Å². The van der Waals surface area contributed by atoms with E-state index in [1.165, 1.54) is 0 Å². The highest BCUT2D eigenvalue weighted by Gasteiger charge is 2.24. The van der Waals surface area contributed by atoms with Crippen LogP contribution in [-0.4, -0.2) is 44.1 Å².